The Morgan fingerprint density at radius 3 is 2.53 bits per heavy atom. The first-order valence-electron chi connectivity index (χ1n) is 10.3. The second kappa shape index (κ2) is 10.2. The predicted molar refractivity (Wildman–Crippen MR) is 129 cm³/mol. The molecule has 0 saturated carbocycles. The van der Waals surface area contributed by atoms with Crippen LogP contribution in [0.4, 0.5) is 5.69 Å². The van der Waals surface area contributed by atoms with Gasteiger partial charge in [-0.2, -0.15) is 0 Å². The molecule has 4 rings (SSSR count). The van der Waals surface area contributed by atoms with Crippen LogP contribution in [0, 0.1) is 6.92 Å². The summed E-state index contributed by atoms with van der Waals surface area (Å²) in [4.78, 5) is 17.5. The number of thioether (sulfide) groups is 1. The number of hydrogen-bond acceptors (Lipinski definition) is 5. The number of aryl methyl sites for hydroxylation is 1. The molecule has 164 valence electrons. The maximum absolute atomic E-state index is 12.8. The highest BCUT2D eigenvalue weighted by atomic mass is 32.2. The van der Waals surface area contributed by atoms with Crippen LogP contribution in [0.15, 0.2) is 78.0 Å². The summed E-state index contributed by atoms with van der Waals surface area (Å²) in [5, 5.41) is 3.79. The largest absolute Gasteiger partial charge is 0.493 e. The summed E-state index contributed by atoms with van der Waals surface area (Å²) in [6.45, 7) is 2.65. The number of benzene rings is 3. The fourth-order valence-corrected chi connectivity index (χ4v) is 4.22. The van der Waals surface area contributed by atoms with Crippen molar-refractivity contribution in [2.24, 2.45) is 0 Å². The number of nitrogens with zero attached hydrogens (tertiary/aromatic N) is 2. The molecule has 0 fully saturated rings. The third kappa shape index (κ3) is 5.06. The topological polar surface area (TPSA) is 65.4 Å². The molecular formula is C25H25N3O3S. The molecule has 4 aromatic rings. The van der Waals surface area contributed by atoms with E-state index in [0.29, 0.717) is 23.9 Å². The lowest BCUT2D eigenvalue weighted by Gasteiger charge is -2.12. The third-order valence-electron chi connectivity index (χ3n) is 4.98. The predicted octanol–water partition coefficient (Wildman–Crippen LogP) is 5.16. The molecule has 32 heavy (non-hydrogen) atoms. The standard InChI is InChI=1S/C25H25N3O3S/c1-18-9-3-4-10-19(18)26-24(29)17-28-21-12-6-5-11-20(21)27-25(28)32-16-15-31-23-14-8-7-13-22(23)30-2/h3-14H,15-17H2,1-2H3,(H,26,29). The molecule has 0 unspecified atom stereocenters. The Hall–Kier alpha value is -3.45. The summed E-state index contributed by atoms with van der Waals surface area (Å²) in [7, 11) is 1.63. The van der Waals surface area contributed by atoms with Crippen LogP contribution in [-0.4, -0.2) is 34.9 Å². The van der Waals surface area contributed by atoms with E-state index in [1.165, 1.54) is 0 Å². The molecule has 1 N–H and O–H groups in total. The number of ether oxygens (including phenoxy) is 2. The fraction of sp³-hybridized carbons (Fsp3) is 0.200. The van der Waals surface area contributed by atoms with E-state index in [-0.39, 0.29) is 12.5 Å². The molecule has 1 heterocycles. The Balaban J connectivity index is 1.45. The smallest absolute Gasteiger partial charge is 0.244 e. The van der Waals surface area contributed by atoms with E-state index in [9.17, 15) is 4.79 Å². The van der Waals surface area contributed by atoms with Crippen LogP contribution >= 0.6 is 11.8 Å². The number of hydrogen-bond donors (Lipinski definition) is 1. The summed E-state index contributed by atoms with van der Waals surface area (Å²) in [6.07, 6.45) is 0. The Labute approximate surface area is 191 Å². The molecule has 7 heteroatoms. The van der Waals surface area contributed by atoms with Gasteiger partial charge in [-0.1, -0.05) is 54.2 Å². The van der Waals surface area contributed by atoms with Crippen LogP contribution < -0.4 is 14.8 Å². The van der Waals surface area contributed by atoms with Gasteiger partial charge in [0.15, 0.2) is 16.7 Å². The third-order valence-corrected chi connectivity index (χ3v) is 5.92. The molecule has 0 spiro atoms. The number of fused-ring (bicyclic) bond motifs is 1. The average molecular weight is 448 g/mol. The van der Waals surface area contributed by atoms with Gasteiger partial charge in [-0.05, 0) is 42.8 Å². The first kappa shape index (κ1) is 21.8. The summed E-state index contributed by atoms with van der Waals surface area (Å²) < 4.78 is 13.2. The highest BCUT2D eigenvalue weighted by Crippen LogP contribution is 2.27. The monoisotopic (exact) mass is 447 g/mol. The number of anilines is 1. The minimum atomic E-state index is -0.0884. The van der Waals surface area contributed by atoms with Gasteiger partial charge < -0.3 is 19.4 Å². The Morgan fingerprint density at radius 2 is 1.72 bits per heavy atom. The van der Waals surface area contributed by atoms with Crippen molar-refractivity contribution in [1.82, 2.24) is 9.55 Å². The first-order chi connectivity index (χ1) is 15.7. The number of nitrogens with one attached hydrogen (secondary N) is 1. The van der Waals surface area contributed by atoms with Crippen molar-refractivity contribution >= 4 is 34.4 Å². The summed E-state index contributed by atoms with van der Waals surface area (Å²) >= 11 is 1.56. The Morgan fingerprint density at radius 1 is 1.00 bits per heavy atom. The lowest BCUT2D eigenvalue weighted by Crippen LogP contribution is -2.19. The lowest BCUT2D eigenvalue weighted by molar-refractivity contribution is -0.116. The minimum Gasteiger partial charge on any atom is -0.493 e. The molecule has 0 bridgehead atoms. The van der Waals surface area contributed by atoms with Crippen molar-refractivity contribution < 1.29 is 14.3 Å². The average Bonchev–Trinajstić information content (AvgIpc) is 3.15. The van der Waals surface area contributed by atoms with Gasteiger partial charge in [-0.25, -0.2) is 4.98 Å². The van der Waals surface area contributed by atoms with Gasteiger partial charge in [0.2, 0.25) is 5.91 Å². The quantitative estimate of drug-likeness (QED) is 0.283. The number of rotatable bonds is 9. The van der Waals surface area contributed by atoms with Crippen molar-refractivity contribution in [3.8, 4) is 11.5 Å². The van der Waals surface area contributed by atoms with Crippen LogP contribution in [0.25, 0.3) is 11.0 Å². The van der Waals surface area contributed by atoms with Crippen LogP contribution in [0.1, 0.15) is 5.56 Å². The van der Waals surface area contributed by atoms with Crippen LogP contribution in [0.2, 0.25) is 0 Å². The van der Waals surface area contributed by atoms with Crippen molar-refractivity contribution in [3.63, 3.8) is 0 Å². The second-order valence-corrected chi connectivity index (χ2v) is 8.24. The van der Waals surface area contributed by atoms with Gasteiger partial charge >= 0.3 is 0 Å². The Bertz CT molecular complexity index is 1220. The number of carbonyl (C=O) groups is 1. The molecule has 1 amide bonds. The van der Waals surface area contributed by atoms with Crippen molar-refractivity contribution in [2.75, 3.05) is 24.8 Å². The second-order valence-electron chi connectivity index (χ2n) is 7.18. The molecule has 3 aromatic carbocycles. The van der Waals surface area contributed by atoms with Crippen molar-refractivity contribution in [2.45, 2.75) is 18.6 Å². The molecular weight excluding hydrogens is 422 g/mol. The molecule has 1 aromatic heterocycles. The zero-order valence-corrected chi connectivity index (χ0v) is 18.9. The van der Waals surface area contributed by atoms with Gasteiger partial charge in [0.25, 0.3) is 0 Å². The molecule has 0 aliphatic rings. The Kier molecular flexibility index (Phi) is 6.97. The van der Waals surface area contributed by atoms with Gasteiger partial charge in [0.05, 0.1) is 24.8 Å². The van der Waals surface area contributed by atoms with Gasteiger partial charge in [0.1, 0.15) is 6.54 Å². The number of amides is 1. The number of aromatic nitrogens is 2. The number of para-hydroxylation sites is 5. The van der Waals surface area contributed by atoms with E-state index in [1.54, 1.807) is 18.9 Å². The van der Waals surface area contributed by atoms with E-state index in [4.69, 9.17) is 14.5 Å². The van der Waals surface area contributed by atoms with Crippen LogP contribution in [-0.2, 0) is 11.3 Å². The van der Waals surface area contributed by atoms with Crippen molar-refractivity contribution in [3.05, 3.63) is 78.4 Å². The summed E-state index contributed by atoms with van der Waals surface area (Å²) in [5.74, 6) is 2.01. The number of carbonyl (C=O) groups excluding carboxylic acids is 1. The van der Waals surface area contributed by atoms with E-state index < -0.39 is 0 Å². The SMILES string of the molecule is COc1ccccc1OCCSc1nc2ccccc2n1CC(=O)Nc1ccccc1C. The number of imidazole rings is 1. The molecule has 0 saturated heterocycles. The molecule has 6 nitrogen and oxygen atoms in total. The fourth-order valence-electron chi connectivity index (χ4n) is 3.39. The number of methoxy groups -OCH3 is 1. The maximum atomic E-state index is 12.8. The van der Waals surface area contributed by atoms with Crippen LogP contribution in [0.3, 0.4) is 0 Å². The van der Waals surface area contributed by atoms with E-state index in [2.05, 4.69) is 5.32 Å². The first-order valence-corrected chi connectivity index (χ1v) is 11.3. The lowest BCUT2D eigenvalue weighted by atomic mass is 10.2. The van der Waals surface area contributed by atoms with E-state index in [1.807, 2.05) is 84.3 Å². The van der Waals surface area contributed by atoms with Crippen LogP contribution in [0.5, 0.6) is 11.5 Å². The zero-order chi connectivity index (χ0) is 22.3. The highest BCUT2D eigenvalue weighted by Gasteiger charge is 2.15. The normalized spacial score (nSPS) is 10.8. The van der Waals surface area contributed by atoms with Crippen molar-refractivity contribution in [1.29, 1.82) is 0 Å². The summed E-state index contributed by atoms with van der Waals surface area (Å²) in [6, 6.07) is 23.2. The van der Waals surface area contributed by atoms with E-state index in [0.717, 1.165) is 27.4 Å². The van der Waals surface area contributed by atoms with E-state index >= 15 is 0 Å². The van der Waals surface area contributed by atoms with Gasteiger partial charge in [0, 0.05) is 11.4 Å². The molecule has 0 aliphatic heterocycles. The maximum Gasteiger partial charge on any atom is 0.244 e. The molecule has 0 aliphatic carbocycles. The minimum absolute atomic E-state index is 0.0884. The molecule has 0 atom stereocenters. The van der Waals surface area contributed by atoms with Gasteiger partial charge in [-0.3, -0.25) is 4.79 Å². The van der Waals surface area contributed by atoms with Gasteiger partial charge in [-0.15, -0.1) is 0 Å². The summed E-state index contributed by atoms with van der Waals surface area (Å²) in [5.41, 5.74) is 3.64. The highest BCUT2D eigenvalue weighted by molar-refractivity contribution is 7.99. The zero-order valence-electron chi connectivity index (χ0n) is 18.1. The molecule has 0 radical (unpaired) electrons.